The fourth-order valence-electron chi connectivity index (χ4n) is 1.19. The number of aromatic nitrogens is 1. The lowest BCUT2D eigenvalue weighted by molar-refractivity contribution is 0.709. The number of hydrogen-bond donors (Lipinski definition) is 1. The average molecular weight is 245 g/mol. The van der Waals surface area contributed by atoms with Crippen LogP contribution in [0, 0.1) is 0 Å². The number of thiazole rings is 1. The molecule has 2 nitrogen and oxygen atoms in total. The predicted molar refractivity (Wildman–Crippen MR) is 62.1 cm³/mol. The SMILES string of the molecule is NC(Cc1ccc(Cl)s1)c1cscn1. The second kappa shape index (κ2) is 4.40. The zero-order valence-electron chi connectivity index (χ0n) is 7.31. The zero-order valence-corrected chi connectivity index (χ0v) is 9.70. The molecule has 0 amide bonds. The highest BCUT2D eigenvalue weighted by molar-refractivity contribution is 7.16. The topological polar surface area (TPSA) is 38.9 Å². The van der Waals surface area contributed by atoms with Crippen LogP contribution < -0.4 is 5.73 Å². The molecule has 74 valence electrons. The summed E-state index contributed by atoms with van der Waals surface area (Å²) in [5.74, 6) is 0. The Kier molecular flexibility index (Phi) is 3.18. The highest BCUT2D eigenvalue weighted by atomic mass is 35.5. The van der Waals surface area contributed by atoms with Gasteiger partial charge >= 0.3 is 0 Å². The molecule has 2 heterocycles. The zero-order chi connectivity index (χ0) is 9.97. The molecule has 14 heavy (non-hydrogen) atoms. The van der Waals surface area contributed by atoms with E-state index in [1.54, 1.807) is 28.2 Å². The van der Waals surface area contributed by atoms with Gasteiger partial charge in [0.25, 0.3) is 0 Å². The molecular formula is C9H9ClN2S2. The predicted octanol–water partition coefficient (Wildman–Crippen LogP) is 3.10. The Morgan fingerprint density at radius 3 is 2.93 bits per heavy atom. The molecule has 0 aliphatic rings. The second-order valence-corrected chi connectivity index (χ2v) is 5.45. The van der Waals surface area contributed by atoms with Crippen molar-refractivity contribution in [2.45, 2.75) is 12.5 Å². The lowest BCUT2D eigenvalue weighted by Gasteiger charge is -2.05. The first-order chi connectivity index (χ1) is 6.75. The van der Waals surface area contributed by atoms with Crippen LogP contribution in [0.15, 0.2) is 23.0 Å². The Bertz CT molecular complexity index is 397. The van der Waals surface area contributed by atoms with E-state index in [1.165, 1.54) is 4.88 Å². The van der Waals surface area contributed by atoms with Crippen molar-refractivity contribution < 1.29 is 0 Å². The van der Waals surface area contributed by atoms with Crippen LogP contribution in [0.1, 0.15) is 16.6 Å². The number of nitrogens with two attached hydrogens (primary N) is 1. The minimum absolute atomic E-state index is 0.0176. The van der Waals surface area contributed by atoms with Crippen LogP contribution >= 0.6 is 34.3 Å². The van der Waals surface area contributed by atoms with E-state index in [4.69, 9.17) is 17.3 Å². The first kappa shape index (κ1) is 10.1. The third kappa shape index (κ3) is 2.33. The van der Waals surface area contributed by atoms with Gasteiger partial charge in [-0.25, -0.2) is 4.98 Å². The summed E-state index contributed by atoms with van der Waals surface area (Å²) < 4.78 is 0.811. The van der Waals surface area contributed by atoms with Crippen LogP contribution in [0.3, 0.4) is 0 Å². The molecular weight excluding hydrogens is 236 g/mol. The summed E-state index contributed by atoms with van der Waals surface area (Å²) in [6, 6.07) is 3.89. The van der Waals surface area contributed by atoms with Crippen molar-refractivity contribution >= 4 is 34.3 Å². The molecule has 0 fully saturated rings. The molecule has 0 radical (unpaired) electrons. The number of thiophene rings is 1. The summed E-state index contributed by atoms with van der Waals surface area (Å²) in [4.78, 5) is 5.39. The third-order valence-corrected chi connectivity index (χ3v) is 3.74. The van der Waals surface area contributed by atoms with Gasteiger partial charge in [-0.05, 0) is 12.1 Å². The van der Waals surface area contributed by atoms with Crippen molar-refractivity contribution in [2.75, 3.05) is 0 Å². The van der Waals surface area contributed by atoms with Crippen LogP contribution in [0.2, 0.25) is 4.34 Å². The van der Waals surface area contributed by atoms with Gasteiger partial charge in [0, 0.05) is 16.7 Å². The van der Waals surface area contributed by atoms with E-state index in [-0.39, 0.29) is 6.04 Å². The summed E-state index contributed by atoms with van der Waals surface area (Å²) in [6.45, 7) is 0. The normalized spacial score (nSPS) is 13.0. The summed E-state index contributed by atoms with van der Waals surface area (Å²) in [7, 11) is 0. The van der Waals surface area contributed by atoms with Crippen LogP contribution in [0.5, 0.6) is 0 Å². The lowest BCUT2D eigenvalue weighted by Crippen LogP contribution is -2.12. The van der Waals surface area contributed by atoms with Crippen LogP contribution in [-0.4, -0.2) is 4.98 Å². The maximum Gasteiger partial charge on any atom is 0.0931 e. The Hall–Kier alpha value is -0.420. The van der Waals surface area contributed by atoms with Gasteiger partial charge in [0.1, 0.15) is 0 Å². The fraction of sp³-hybridized carbons (Fsp3) is 0.222. The van der Waals surface area contributed by atoms with Crippen molar-refractivity contribution in [1.29, 1.82) is 0 Å². The van der Waals surface area contributed by atoms with Gasteiger partial charge in [-0.15, -0.1) is 22.7 Å². The van der Waals surface area contributed by atoms with Gasteiger partial charge in [-0.1, -0.05) is 11.6 Å². The number of halogens is 1. The highest BCUT2D eigenvalue weighted by Gasteiger charge is 2.10. The van der Waals surface area contributed by atoms with E-state index in [0.717, 1.165) is 16.5 Å². The van der Waals surface area contributed by atoms with E-state index in [1.807, 2.05) is 17.5 Å². The molecule has 0 aromatic carbocycles. The first-order valence-corrected chi connectivity index (χ1v) is 6.27. The third-order valence-electron chi connectivity index (χ3n) is 1.88. The molecule has 0 spiro atoms. The van der Waals surface area contributed by atoms with Crippen LogP contribution in [-0.2, 0) is 6.42 Å². The minimum atomic E-state index is -0.0176. The fourth-order valence-corrected chi connectivity index (χ4v) is 2.95. The number of rotatable bonds is 3. The van der Waals surface area contributed by atoms with Gasteiger partial charge in [0.15, 0.2) is 0 Å². The summed E-state index contributed by atoms with van der Waals surface area (Å²) in [5, 5.41) is 1.99. The van der Waals surface area contributed by atoms with Crippen molar-refractivity contribution in [3.8, 4) is 0 Å². The average Bonchev–Trinajstić information content (AvgIpc) is 2.75. The highest BCUT2D eigenvalue weighted by Crippen LogP contribution is 2.25. The van der Waals surface area contributed by atoms with E-state index in [0.29, 0.717) is 0 Å². The van der Waals surface area contributed by atoms with Gasteiger partial charge in [-0.3, -0.25) is 0 Å². The Morgan fingerprint density at radius 1 is 1.50 bits per heavy atom. The largest absolute Gasteiger partial charge is 0.322 e. The lowest BCUT2D eigenvalue weighted by atomic mass is 10.1. The molecule has 0 bridgehead atoms. The van der Waals surface area contributed by atoms with Gasteiger partial charge < -0.3 is 5.73 Å². The molecule has 1 atom stereocenters. The van der Waals surface area contributed by atoms with E-state index in [2.05, 4.69) is 4.98 Å². The molecule has 0 saturated carbocycles. The smallest absolute Gasteiger partial charge is 0.0931 e. The molecule has 1 unspecified atom stereocenters. The second-order valence-electron chi connectivity index (χ2n) is 2.93. The quantitative estimate of drug-likeness (QED) is 0.901. The van der Waals surface area contributed by atoms with Gasteiger partial charge in [0.2, 0.25) is 0 Å². The molecule has 0 aliphatic carbocycles. The molecule has 2 aromatic heterocycles. The minimum Gasteiger partial charge on any atom is -0.322 e. The first-order valence-electron chi connectivity index (χ1n) is 4.13. The van der Waals surface area contributed by atoms with Crippen molar-refractivity contribution in [3.63, 3.8) is 0 Å². The number of nitrogens with zero attached hydrogens (tertiary/aromatic N) is 1. The maximum absolute atomic E-state index is 5.99. The molecule has 0 saturated heterocycles. The summed E-state index contributed by atoms with van der Waals surface area (Å²) in [5.41, 5.74) is 8.75. The molecule has 2 rings (SSSR count). The van der Waals surface area contributed by atoms with E-state index >= 15 is 0 Å². The number of hydrogen-bond acceptors (Lipinski definition) is 4. The monoisotopic (exact) mass is 244 g/mol. The summed E-state index contributed by atoms with van der Waals surface area (Å²) in [6.07, 6.45) is 0.807. The van der Waals surface area contributed by atoms with Crippen molar-refractivity contribution in [1.82, 2.24) is 4.98 Å². The molecule has 5 heteroatoms. The Morgan fingerprint density at radius 2 is 2.36 bits per heavy atom. The van der Waals surface area contributed by atoms with Gasteiger partial charge in [0.05, 0.1) is 21.6 Å². The molecule has 2 N–H and O–H groups in total. The Balaban J connectivity index is 2.05. The van der Waals surface area contributed by atoms with Crippen LogP contribution in [0.4, 0.5) is 0 Å². The van der Waals surface area contributed by atoms with Gasteiger partial charge in [-0.2, -0.15) is 0 Å². The van der Waals surface area contributed by atoms with Crippen molar-refractivity contribution in [2.24, 2.45) is 5.73 Å². The van der Waals surface area contributed by atoms with Crippen LogP contribution in [0.25, 0.3) is 0 Å². The van der Waals surface area contributed by atoms with Crippen molar-refractivity contribution in [3.05, 3.63) is 37.9 Å². The molecule has 0 aliphatic heterocycles. The summed E-state index contributed by atoms with van der Waals surface area (Å²) >= 11 is 8.98. The Labute approximate surface area is 95.4 Å². The molecule has 2 aromatic rings. The maximum atomic E-state index is 5.99. The standard InChI is InChI=1S/C9H9ClN2S2/c10-9-2-1-6(14-9)3-7(11)8-4-13-5-12-8/h1-2,4-5,7H,3,11H2. The van der Waals surface area contributed by atoms with E-state index < -0.39 is 0 Å². The van der Waals surface area contributed by atoms with E-state index in [9.17, 15) is 0 Å².